The molecule has 22 heavy (non-hydrogen) atoms. The van der Waals surface area contributed by atoms with E-state index in [1.165, 1.54) is 6.07 Å². The first-order valence-corrected chi connectivity index (χ1v) is 6.55. The van der Waals surface area contributed by atoms with Crippen molar-refractivity contribution >= 4 is 23.2 Å². The van der Waals surface area contributed by atoms with E-state index < -0.39 is 23.0 Å². The second-order valence-electron chi connectivity index (χ2n) is 3.98. The number of aromatic nitrogens is 2. The summed E-state index contributed by atoms with van der Waals surface area (Å²) >= 11 is 11.7. The highest BCUT2D eigenvalue weighted by Crippen LogP contribution is 2.37. The summed E-state index contributed by atoms with van der Waals surface area (Å²) in [6, 6.07) is 2.15. The molecule has 0 saturated heterocycles. The van der Waals surface area contributed by atoms with Crippen molar-refractivity contribution in [1.82, 2.24) is 9.97 Å². The number of hydrogen-bond acceptors (Lipinski definition) is 3. The molecule has 0 aliphatic carbocycles. The van der Waals surface area contributed by atoms with Gasteiger partial charge in [0, 0.05) is 5.56 Å². The van der Waals surface area contributed by atoms with Gasteiger partial charge in [0.25, 0.3) is 6.43 Å². The van der Waals surface area contributed by atoms with E-state index in [1.807, 2.05) is 0 Å². The molecule has 0 spiro atoms. The van der Waals surface area contributed by atoms with Gasteiger partial charge >= 0.3 is 0 Å². The van der Waals surface area contributed by atoms with Gasteiger partial charge in [-0.3, -0.25) is 0 Å². The quantitative estimate of drug-likeness (QED) is 0.762. The lowest BCUT2D eigenvalue weighted by molar-refractivity contribution is 0.146. The molecule has 1 aromatic heterocycles. The maximum Gasteiger partial charge on any atom is 0.281 e. The van der Waals surface area contributed by atoms with Crippen LogP contribution in [-0.2, 0) is 0 Å². The van der Waals surface area contributed by atoms with Crippen molar-refractivity contribution in [1.29, 1.82) is 0 Å². The summed E-state index contributed by atoms with van der Waals surface area (Å²) in [5.41, 5.74) is -1.02. The van der Waals surface area contributed by atoms with Gasteiger partial charge < -0.3 is 4.74 Å². The molecule has 0 fully saturated rings. The van der Waals surface area contributed by atoms with Crippen LogP contribution in [0.2, 0.25) is 10.0 Å². The van der Waals surface area contributed by atoms with Crippen molar-refractivity contribution in [3.8, 4) is 29.4 Å². The fraction of sp³-hybridized carbons (Fsp3) is 0.143. The lowest BCUT2D eigenvalue weighted by atomic mass is 10.1. The lowest BCUT2D eigenvalue weighted by Crippen LogP contribution is -2.00. The van der Waals surface area contributed by atoms with Crippen molar-refractivity contribution in [2.45, 2.75) is 6.43 Å². The average Bonchev–Trinajstić information content (AvgIpc) is 2.47. The zero-order valence-corrected chi connectivity index (χ0v) is 12.3. The van der Waals surface area contributed by atoms with E-state index in [4.69, 9.17) is 34.4 Å². The highest BCUT2D eigenvalue weighted by atomic mass is 35.5. The van der Waals surface area contributed by atoms with Crippen LogP contribution in [0.4, 0.5) is 13.2 Å². The van der Waals surface area contributed by atoms with Crippen LogP contribution in [0.3, 0.4) is 0 Å². The molecule has 0 radical (unpaired) electrons. The van der Waals surface area contributed by atoms with Crippen LogP contribution in [-0.4, -0.2) is 16.6 Å². The number of hydrogen-bond donors (Lipinski definition) is 0. The minimum absolute atomic E-state index is 0.0178. The maximum atomic E-state index is 14.1. The molecular weight excluding hydrogens is 340 g/mol. The number of rotatable bonds is 4. The smallest absolute Gasteiger partial charge is 0.281 e. The summed E-state index contributed by atoms with van der Waals surface area (Å²) in [6.45, 7) is -0.0927. The molecule has 1 aromatic carbocycles. The Morgan fingerprint density at radius 3 is 2.64 bits per heavy atom. The molecule has 114 valence electrons. The zero-order valence-electron chi connectivity index (χ0n) is 10.8. The van der Waals surface area contributed by atoms with E-state index in [-0.39, 0.29) is 28.6 Å². The Hall–Kier alpha value is -1.97. The largest absolute Gasteiger partial charge is 0.479 e. The van der Waals surface area contributed by atoms with E-state index in [1.54, 1.807) is 0 Å². The third-order valence-corrected chi connectivity index (χ3v) is 3.28. The normalized spacial score (nSPS) is 10.6. The zero-order chi connectivity index (χ0) is 16.3. The molecule has 0 N–H and O–H groups in total. The Morgan fingerprint density at radius 1 is 1.27 bits per heavy atom. The van der Waals surface area contributed by atoms with Gasteiger partial charge in [-0.15, -0.1) is 6.42 Å². The second kappa shape index (κ2) is 6.86. The Labute approximate surface area is 134 Å². The van der Waals surface area contributed by atoms with Crippen molar-refractivity contribution < 1.29 is 17.9 Å². The Kier molecular flexibility index (Phi) is 5.11. The molecular formula is C14H7Cl2F3N2O. The van der Waals surface area contributed by atoms with E-state index >= 15 is 0 Å². The third kappa shape index (κ3) is 3.26. The average molecular weight is 347 g/mol. The number of ether oxygens (including phenoxy) is 1. The van der Waals surface area contributed by atoms with Gasteiger partial charge in [0.15, 0.2) is 0 Å². The van der Waals surface area contributed by atoms with Gasteiger partial charge in [0.05, 0.1) is 15.7 Å². The van der Waals surface area contributed by atoms with E-state index in [2.05, 4.69) is 15.9 Å². The molecule has 0 unspecified atom stereocenters. The van der Waals surface area contributed by atoms with Crippen LogP contribution in [0.5, 0.6) is 5.75 Å². The van der Waals surface area contributed by atoms with Crippen molar-refractivity contribution in [3.05, 3.63) is 40.0 Å². The lowest BCUT2D eigenvalue weighted by Gasteiger charge is -2.11. The van der Waals surface area contributed by atoms with Crippen molar-refractivity contribution in [2.24, 2.45) is 0 Å². The predicted octanol–water partition coefficient (Wildman–Crippen LogP) is 4.54. The molecule has 1 heterocycles. The van der Waals surface area contributed by atoms with Crippen LogP contribution >= 0.6 is 23.2 Å². The monoisotopic (exact) mass is 346 g/mol. The summed E-state index contributed by atoms with van der Waals surface area (Å²) in [4.78, 5) is 7.13. The molecule has 0 atom stereocenters. The first-order valence-electron chi connectivity index (χ1n) is 5.80. The molecule has 3 nitrogen and oxygen atoms in total. The minimum atomic E-state index is -2.92. The number of benzene rings is 1. The van der Waals surface area contributed by atoms with Gasteiger partial charge in [-0.25, -0.2) is 23.1 Å². The summed E-state index contributed by atoms with van der Waals surface area (Å²) in [6.07, 6.45) is 3.02. The molecule has 0 bridgehead atoms. The number of alkyl halides is 2. The fourth-order valence-electron chi connectivity index (χ4n) is 1.66. The van der Waals surface area contributed by atoms with Crippen LogP contribution in [0.25, 0.3) is 11.3 Å². The van der Waals surface area contributed by atoms with Crippen LogP contribution in [0.15, 0.2) is 18.5 Å². The summed E-state index contributed by atoms with van der Waals surface area (Å²) in [5.74, 6) is 1.52. The maximum absolute atomic E-state index is 14.1. The molecule has 8 heteroatoms. The van der Waals surface area contributed by atoms with Gasteiger partial charge in [0.1, 0.15) is 30.2 Å². The molecule has 2 aromatic rings. The van der Waals surface area contributed by atoms with Gasteiger partial charge in [-0.1, -0.05) is 29.1 Å². The molecule has 0 amide bonds. The van der Waals surface area contributed by atoms with Gasteiger partial charge in [0.2, 0.25) is 0 Å². The van der Waals surface area contributed by atoms with Gasteiger partial charge in [-0.05, 0) is 12.1 Å². The van der Waals surface area contributed by atoms with E-state index in [0.29, 0.717) is 0 Å². The van der Waals surface area contributed by atoms with Crippen molar-refractivity contribution in [3.63, 3.8) is 0 Å². The van der Waals surface area contributed by atoms with E-state index in [9.17, 15) is 13.2 Å². The predicted molar refractivity (Wildman–Crippen MR) is 76.7 cm³/mol. The highest BCUT2D eigenvalue weighted by Gasteiger charge is 2.21. The fourth-order valence-corrected chi connectivity index (χ4v) is 2.15. The molecule has 0 aliphatic rings. The Bertz CT molecular complexity index is 748. The van der Waals surface area contributed by atoms with Gasteiger partial charge in [-0.2, -0.15) is 0 Å². The summed E-state index contributed by atoms with van der Waals surface area (Å²) < 4.78 is 44.8. The number of halogens is 5. The van der Waals surface area contributed by atoms with Crippen molar-refractivity contribution in [2.75, 3.05) is 6.61 Å². The number of nitrogens with zero attached hydrogens (tertiary/aromatic N) is 2. The second-order valence-corrected chi connectivity index (χ2v) is 4.76. The van der Waals surface area contributed by atoms with E-state index in [0.717, 1.165) is 12.4 Å². The van der Waals surface area contributed by atoms with Crippen LogP contribution in [0.1, 0.15) is 12.1 Å². The third-order valence-electron chi connectivity index (χ3n) is 2.61. The van der Waals surface area contributed by atoms with Crippen LogP contribution < -0.4 is 4.74 Å². The Balaban J connectivity index is 2.58. The summed E-state index contributed by atoms with van der Waals surface area (Å²) in [7, 11) is 0. The molecule has 0 aliphatic heterocycles. The Morgan fingerprint density at radius 2 is 2.00 bits per heavy atom. The number of terminal acetylenes is 1. The molecule has 0 saturated carbocycles. The first-order chi connectivity index (χ1) is 10.5. The highest BCUT2D eigenvalue weighted by molar-refractivity contribution is 6.34. The molecule has 2 rings (SSSR count). The minimum Gasteiger partial charge on any atom is -0.479 e. The SMILES string of the molecule is C#CCOc1cc(-c2ncnc(C(F)F)c2Cl)c(F)cc1Cl. The van der Waals surface area contributed by atoms with Crippen LogP contribution in [0, 0.1) is 18.2 Å². The summed E-state index contributed by atoms with van der Waals surface area (Å²) in [5, 5.41) is -0.461. The topological polar surface area (TPSA) is 35.0 Å². The standard InChI is InChI=1S/C14H7Cl2F3N2O/c1-2-3-22-10-4-7(9(17)5-8(10)15)12-11(16)13(14(18)19)21-6-20-12/h1,4-6,14H,3H2. The first kappa shape index (κ1) is 16.4.